The molecule has 1 fully saturated rings. The third-order valence-electron chi connectivity index (χ3n) is 8.92. The number of aromatic hydroxyl groups is 6. The van der Waals surface area contributed by atoms with Crippen LogP contribution < -0.4 is 21.3 Å². The first kappa shape index (κ1) is 42.8. The number of nitrogens with one attached hydrogen (secondary N) is 4. The Hall–Kier alpha value is -5.92. The van der Waals surface area contributed by atoms with Crippen LogP contribution in [0.25, 0.3) is 0 Å². The van der Waals surface area contributed by atoms with E-state index in [0.29, 0.717) is 25.6 Å². The SMILES string of the molecule is O=C(CCC(NC(=O)c1cccc(O)c1O)C(=O)N1CC[C@]1(CCNC(=O)c1cccc(O)c1O)NC(=O)c1cccc(O)c1O)NCCOCCOCCS. The summed E-state index contributed by atoms with van der Waals surface area (Å²) >= 11 is 4.05. The molecule has 0 radical (unpaired) electrons. The second kappa shape index (κ2) is 20.1. The molecule has 18 nitrogen and oxygen atoms in total. The van der Waals surface area contributed by atoms with Crippen molar-refractivity contribution < 1.29 is 64.1 Å². The molecule has 0 saturated carbocycles. The highest BCUT2D eigenvalue weighted by molar-refractivity contribution is 7.80. The van der Waals surface area contributed by atoms with Crippen LogP contribution >= 0.6 is 12.6 Å². The fraction of sp³-hybridized carbons (Fsp3) is 0.378. The molecule has 0 aromatic heterocycles. The molecular formula is C37H45N5O13S. The van der Waals surface area contributed by atoms with E-state index < -0.39 is 75.7 Å². The number of phenolic OH excluding ortho intramolecular Hbond substituents is 6. The molecule has 0 aliphatic carbocycles. The number of benzene rings is 3. The van der Waals surface area contributed by atoms with E-state index in [4.69, 9.17) is 9.47 Å². The van der Waals surface area contributed by atoms with Crippen LogP contribution in [0, 0.1) is 0 Å². The minimum Gasteiger partial charge on any atom is -0.504 e. The van der Waals surface area contributed by atoms with Gasteiger partial charge in [-0.1, -0.05) is 18.2 Å². The standard InChI is InChI=1S/C37H45N5O13S/c43-26-7-1-4-22(30(26)47)33(50)39-14-12-37(41-35(52)24-6-3-9-28(45)32(24)49)13-16-42(37)36(53)25(40-34(51)23-5-2-8-27(44)31(23)48)10-11-29(46)38-15-17-54-18-19-55-20-21-56/h1-9,25,43-45,47-49,56H,10-21H2,(H,38,46)(H,39,50)(H,40,51)(H,41,52)/t25?,37-/m1/s1. The van der Waals surface area contributed by atoms with Crippen LogP contribution in [-0.4, -0.2) is 129 Å². The topological polar surface area (TPSA) is 277 Å². The number of ether oxygens (including phenoxy) is 2. The van der Waals surface area contributed by atoms with E-state index in [1.165, 1.54) is 47.4 Å². The molecule has 5 amide bonds. The van der Waals surface area contributed by atoms with E-state index >= 15 is 0 Å². The minimum absolute atomic E-state index is 0.0252. The number of rotatable bonds is 20. The number of para-hydroxylation sites is 3. The Kier molecular flexibility index (Phi) is 15.4. The van der Waals surface area contributed by atoms with Crippen molar-refractivity contribution in [3.8, 4) is 34.5 Å². The number of carbonyl (C=O) groups excluding carboxylic acids is 5. The summed E-state index contributed by atoms with van der Waals surface area (Å²) < 4.78 is 10.7. The van der Waals surface area contributed by atoms with Gasteiger partial charge in [-0.05, 0) is 42.8 Å². The minimum atomic E-state index is -1.56. The molecular weight excluding hydrogens is 754 g/mol. The Morgan fingerprint density at radius 3 is 1.77 bits per heavy atom. The lowest BCUT2D eigenvalue weighted by Crippen LogP contribution is -2.73. The third kappa shape index (κ3) is 10.9. The maximum Gasteiger partial charge on any atom is 0.256 e. The van der Waals surface area contributed by atoms with Gasteiger partial charge in [0.2, 0.25) is 11.8 Å². The summed E-state index contributed by atoms with van der Waals surface area (Å²) in [5.74, 6) is -7.12. The Morgan fingerprint density at radius 2 is 1.23 bits per heavy atom. The van der Waals surface area contributed by atoms with Gasteiger partial charge in [0.1, 0.15) is 11.7 Å². The monoisotopic (exact) mass is 799 g/mol. The normalized spacial score (nSPS) is 15.3. The molecule has 3 aromatic carbocycles. The van der Waals surface area contributed by atoms with Crippen molar-refractivity contribution in [1.29, 1.82) is 0 Å². The quantitative estimate of drug-likeness (QED) is 0.0434. The summed E-state index contributed by atoms with van der Waals surface area (Å²) in [4.78, 5) is 68.3. The average Bonchev–Trinajstić information content (AvgIpc) is 3.16. The van der Waals surface area contributed by atoms with Crippen molar-refractivity contribution >= 4 is 42.2 Å². The second-order valence-electron chi connectivity index (χ2n) is 12.6. The van der Waals surface area contributed by atoms with E-state index in [2.05, 4.69) is 33.9 Å². The highest BCUT2D eigenvalue weighted by atomic mass is 32.1. The number of hydrogen-bond donors (Lipinski definition) is 11. The van der Waals surface area contributed by atoms with Crippen molar-refractivity contribution in [1.82, 2.24) is 26.2 Å². The number of amides is 5. The lowest BCUT2D eigenvalue weighted by atomic mass is 9.88. The number of phenols is 6. The molecule has 4 rings (SSSR count). The van der Waals surface area contributed by atoms with Crippen LogP contribution in [0.5, 0.6) is 34.5 Å². The molecule has 1 aliphatic rings. The molecule has 1 heterocycles. The predicted octanol–water partition coefficient (Wildman–Crippen LogP) is 1.06. The molecule has 302 valence electrons. The number of thiol groups is 1. The van der Waals surface area contributed by atoms with Gasteiger partial charge in [-0.2, -0.15) is 12.6 Å². The van der Waals surface area contributed by atoms with E-state index in [1.807, 2.05) is 0 Å². The predicted molar refractivity (Wildman–Crippen MR) is 202 cm³/mol. The van der Waals surface area contributed by atoms with Gasteiger partial charge in [0, 0.05) is 44.6 Å². The zero-order valence-corrected chi connectivity index (χ0v) is 31.1. The van der Waals surface area contributed by atoms with Crippen molar-refractivity contribution in [2.75, 3.05) is 51.8 Å². The van der Waals surface area contributed by atoms with Gasteiger partial charge in [0.25, 0.3) is 17.7 Å². The van der Waals surface area contributed by atoms with Gasteiger partial charge >= 0.3 is 0 Å². The third-order valence-corrected chi connectivity index (χ3v) is 9.10. The molecule has 1 saturated heterocycles. The van der Waals surface area contributed by atoms with E-state index in [-0.39, 0.29) is 68.6 Å². The number of nitrogens with zero attached hydrogens (tertiary/aromatic N) is 1. The fourth-order valence-electron chi connectivity index (χ4n) is 5.86. The molecule has 2 atom stereocenters. The molecule has 56 heavy (non-hydrogen) atoms. The first-order valence-electron chi connectivity index (χ1n) is 17.6. The van der Waals surface area contributed by atoms with Crippen molar-refractivity contribution in [2.45, 2.75) is 37.4 Å². The zero-order chi connectivity index (χ0) is 40.8. The van der Waals surface area contributed by atoms with Gasteiger partial charge < -0.3 is 66.3 Å². The maximum absolute atomic E-state index is 14.4. The highest BCUT2D eigenvalue weighted by Crippen LogP contribution is 2.36. The smallest absolute Gasteiger partial charge is 0.256 e. The lowest BCUT2D eigenvalue weighted by Gasteiger charge is -2.54. The van der Waals surface area contributed by atoms with Crippen molar-refractivity contribution in [2.24, 2.45) is 0 Å². The van der Waals surface area contributed by atoms with E-state index in [0.717, 1.165) is 12.1 Å². The Labute approximate surface area is 326 Å². The Balaban J connectivity index is 1.55. The summed E-state index contributed by atoms with van der Waals surface area (Å²) in [7, 11) is 0. The summed E-state index contributed by atoms with van der Waals surface area (Å²) in [5, 5.41) is 71.2. The second-order valence-corrected chi connectivity index (χ2v) is 13.1. The molecule has 1 aliphatic heterocycles. The van der Waals surface area contributed by atoms with Crippen LogP contribution in [0.4, 0.5) is 0 Å². The summed E-state index contributed by atoms with van der Waals surface area (Å²) in [6.45, 7) is 1.27. The van der Waals surface area contributed by atoms with Gasteiger partial charge in [-0.25, -0.2) is 0 Å². The molecule has 19 heteroatoms. The Morgan fingerprint density at radius 1 is 0.696 bits per heavy atom. The van der Waals surface area contributed by atoms with E-state index in [1.54, 1.807) is 0 Å². The van der Waals surface area contributed by atoms with Gasteiger partial charge in [0.05, 0.1) is 43.1 Å². The van der Waals surface area contributed by atoms with Gasteiger partial charge in [0.15, 0.2) is 34.5 Å². The van der Waals surface area contributed by atoms with Crippen LogP contribution in [-0.2, 0) is 19.1 Å². The van der Waals surface area contributed by atoms with Crippen LogP contribution in [0.15, 0.2) is 54.6 Å². The first-order valence-corrected chi connectivity index (χ1v) is 18.2. The maximum atomic E-state index is 14.4. The van der Waals surface area contributed by atoms with Crippen LogP contribution in [0.1, 0.15) is 56.8 Å². The first-order chi connectivity index (χ1) is 26.8. The van der Waals surface area contributed by atoms with Gasteiger partial charge in [-0.3, -0.25) is 24.0 Å². The lowest BCUT2D eigenvalue weighted by molar-refractivity contribution is -0.152. The van der Waals surface area contributed by atoms with Crippen LogP contribution in [0.3, 0.4) is 0 Å². The summed E-state index contributed by atoms with van der Waals surface area (Å²) in [6.07, 6.45) is -0.549. The fourth-order valence-corrected chi connectivity index (χ4v) is 5.99. The molecule has 10 N–H and O–H groups in total. The van der Waals surface area contributed by atoms with Gasteiger partial charge in [-0.15, -0.1) is 0 Å². The molecule has 0 spiro atoms. The molecule has 3 aromatic rings. The Bertz CT molecular complexity index is 1900. The summed E-state index contributed by atoms with van der Waals surface area (Å²) in [6, 6.07) is 9.77. The zero-order valence-electron chi connectivity index (χ0n) is 30.2. The van der Waals surface area contributed by atoms with Crippen molar-refractivity contribution in [3.63, 3.8) is 0 Å². The van der Waals surface area contributed by atoms with Crippen LogP contribution in [0.2, 0.25) is 0 Å². The van der Waals surface area contributed by atoms with E-state index in [9.17, 15) is 54.6 Å². The van der Waals surface area contributed by atoms with Crippen molar-refractivity contribution in [3.05, 3.63) is 71.3 Å². The number of hydrogen-bond acceptors (Lipinski definition) is 14. The molecule has 0 bridgehead atoms. The number of likely N-dealkylation sites (tertiary alicyclic amines) is 1. The average molecular weight is 800 g/mol. The highest BCUT2D eigenvalue weighted by Gasteiger charge is 2.50. The number of carbonyl (C=O) groups is 5. The summed E-state index contributed by atoms with van der Waals surface area (Å²) in [5.41, 5.74) is -2.49. The molecule has 1 unspecified atom stereocenters. The largest absolute Gasteiger partial charge is 0.504 e.